The van der Waals surface area contributed by atoms with E-state index in [1.165, 1.54) is 7.11 Å². The highest BCUT2D eigenvalue weighted by atomic mass is 32.1. The fourth-order valence-corrected chi connectivity index (χ4v) is 3.07. The summed E-state index contributed by atoms with van der Waals surface area (Å²) in [7, 11) is 0.872. The number of H-pyrrole nitrogens is 1. The lowest BCUT2D eigenvalue weighted by molar-refractivity contribution is 0.00578. The van der Waals surface area contributed by atoms with E-state index in [1.807, 2.05) is 39.8 Å². The molecule has 1 aliphatic rings. The maximum absolute atomic E-state index is 12.1. The number of carbonyl (C=O) groups excluding carboxylic acids is 1. The van der Waals surface area contributed by atoms with Crippen molar-refractivity contribution in [2.24, 2.45) is 0 Å². The summed E-state index contributed by atoms with van der Waals surface area (Å²) in [4.78, 5) is 12.1. The molecule has 138 valence electrons. The highest BCUT2D eigenvalue weighted by Crippen LogP contribution is 2.39. The summed E-state index contributed by atoms with van der Waals surface area (Å²) in [6.07, 6.45) is 3.55. The van der Waals surface area contributed by atoms with Crippen LogP contribution in [0, 0.1) is 0 Å². The van der Waals surface area contributed by atoms with Crippen LogP contribution in [-0.2, 0) is 14.0 Å². The molecule has 0 radical (unpaired) electrons. The van der Waals surface area contributed by atoms with Gasteiger partial charge in [-0.25, -0.2) is 4.79 Å². The molecule has 0 amide bonds. The minimum atomic E-state index is -0.489. The van der Waals surface area contributed by atoms with E-state index in [1.54, 1.807) is 12.3 Å². The van der Waals surface area contributed by atoms with E-state index in [0.717, 1.165) is 21.9 Å². The maximum Gasteiger partial charge on any atom is 0.491 e. The Hall–Kier alpha value is -1.77. The minimum absolute atomic E-state index is 0.408. The van der Waals surface area contributed by atoms with E-state index in [9.17, 15) is 4.79 Å². The van der Waals surface area contributed by atoms with Gasteiger partial charge in [0, 0.05) is 11.1 Å². The lowest BCUT2D eigenvalue weighted by Crippen LogP contribution is -2.41. The van der Waals surface area contributed by atoms with Crippen LogP contribution in [0.1, 0.15) is 43.6 Å². The van der Waals surface area contributed by atoms with E-state index < -0.39 is 24.3 Å². The molecule has 26 heavy (non-hydrogen) atoms. The van der Waals surface area contributed by atoms with Gasteiger partial charge in [0.05, 0.1) is 35.6 Å². The Morgan fingerprint density at radius 2 is 1.96 bits per heavy atom. The Kier molecular flexibility index (Phi) is 4.94. The lowest BCUT2D eigenvalue weighted by atomic mass is 9.78. The molecule has 1 aliphatic heterocycles. The van der Waals surface area contributed by atoms with Crippen molar-refractivity contribution in [1.82, 2.24) is 10.2 Å². The summed E-state index contributed by atoms with van der Waals surface area (Å²) in [6, 6.07) is 3.70. The summed E-state index contributed by atoms with van der Waals surface area (Å²) >= 11 is 4.44. The third kappa shape index (κ3) is 3.29. The van der Waals surface area contributed by atoms with Gasteiger partial charge in [-0.15, -0.1) is 0 Å². The van der Waals surface area contributed by atoms with Crippen molar-refractivity contribution in [2.45, 2.75) is 38.9 Å². The number of methoxy groups -OCH3 is 1. The van der Waals surface area contributed by atoms with Crippen LogP contribution in [0.4, 0.5) is 0 Å². The molecule has 1 N–H and O–H groups in total. The molecular weight excluding hydrogens is 351 g/mol. The van der Waals surface area contributed by atoms with Gasteiger partial charge >= 0.3 is 13.1 Å². The number of fused-ring (bicyclic) bond motifs is 1. The minimum Gasteiger partial charge on any atom is -0.465 e. The van der Waals surface area contributed by atoms with Crippen LogP contribution in [0.3, 0.4) is 0 Å². The van der Waals surface area contributed by atoms with Crippen molar-refractivity contribution in [2.75, 3.05) is 12.9 Å². The second-order valence-electron chi connectivity index (χ2n) is 7.36. The number of ether oxygens (including phenoxy) is 1. The zero-order valence-electron chi connectivity index (χ0n) is 15.6. The van der Waals surface area contributed by atoms with Crippen LogP contribution in [0.15, 0.2) is 23.8 Å². The predicted molar refractivity (Wildman–Crippen MR) is 105 cm³/mol. The van der Waals surface area contributed by atoms with Gasteiger partial charge in [-0.05, 0) is 50.9 Å². The Bertz CT molecular complexity index is 859. The van der Waals surface area contributed by atoms with Crippen molar-refractivity contribution in [3.8, 4) is 0 Å². The maximum atomic E-state index is 12.1. The predicted octanol–water partition coefficient (Wildman–Crippen LogP) is 3.29. The van der Waals surface area contributed by atoms with E-state index in [4.69, 9.17) is 14.0 Å². The van der Waals surface area contributed by atoms with Crippen LogP contribution >= 0.6 is 12.6 Å². The van der Waals surface area contributed by atoms with Crippen molar-refractivity contribution >= 4 is 42.7 Å². The van der Waals surface area contributed by atoms with Crippen LogP contribution in [0.5, 0.6) is 0 Å². The average Bonchev–Trinajstić information content (AvgIpc) is 3.12. The number of esters is 1. The van der Waals surface area contributed by atoms with Gasteiger partial charge in [-0.3, -0.25) is 5.10 Å². The highest BCUT2D eigenvalue weighted by molar-refractivity contribution is 7.80. The first-order valence-electron chi connectivity index (χ1n) is 8.41. The molecule has 0 atom stereocenters. The summed E-state index contributed by atoms with van der Waals surface area (Å²) in [5, 5.41) is 7.63. The third-order valence-electron chi connectivity index (χ3n) is 5.08. The largest absolute Gasteiger partial charge is 0.491 e. The number of nitrogens with zero attached hydrogens (tertiary/aromatic N) is 1. The number of carbonyl (C=O) groups is 1. The standard InChI is InChI=1S/C18H23BN2O4S/c1-17(2)18(3,4)25-19(24-17)12(10-26)6-11-7-13(16(22)23-5)14-9-20-21-15(14)8-11/h6-9,26H,10H2,1-5H3,(H,20,21). The number of nitrogens with one attached hydrogen (secondary N) is 1. The number of aromatic nitrogens is 2. The number of hydrogen-bond acceptors (Lipinski definition) is 6. The third-order valence-corrected chi connectivity index (χ3v) is 5.44. The Labute approximate surface area is 158 Å². The van der Waals surface area contributed by atoms with E-state index >= 15 is 0 Å². The Morgan fingerprint density at radius 3 is 2.54 bits per heavy atom. The van der Waals surface area contributed by atoms with Gasteiger partial charge in [0.2, 0.25) is 0 Å². The lowest BCUT2D eigenvalue weighted by Gasteiger charge is -2.32. The molecule has 0 bridgehead atoms. The second kappa shape index (κ2) is 6.76. The number of rotatable bonds is 4. The number of hydrogen-bond donors (Lipinski definition) is 2. The number of aromatic amines is 1. The SMILES string of the molecule is COC(=O)c1cc(C=C(CS)B2OC(C)(C)C(C)(C)O2)cc2[nH]ncc12. The van der Waals surface area contributed by atoms with Gasteiger partial charge < -0.3 is 14.0 Å². The molecule has 1 fully saturated rings. The quantitative estimate of drug-likeness (QED) is 0.488. The van der Waals surface area contributed by atoms with E-state index in [0.29, 0.717) is 11.3 Å². The van der Waals surface area contributed by atoms with Crippen LogP contribution in [0.2, 0.25) is 0 Å². The van der Waals surface area contributed by atoms with Gasteiger partial charge in [-0.1, -0.05) is 6.08 Å². The van der Waals surface area contributed by atoms with Gasteiger partial charge in [0.25, 0.3) is 0 Å². The van der Waals surface area contributed by atoms with Crippen LogP contribution < -0.4 is 0 Å². The summed E-state index contributed by atoms with van der Waals surface area (Å²) in [6.45, 7) is 8.04. The number of benzene rings is 1. The first kappa shape index (κ1) is 19.0. The van der Waals surface area contributed by atoms with Gasteiger partial charge in [0.1, 0.15) is 0 Å². The van der Waals surface area contributed by atoms with Gasteiger partial charge in [-0.2, -0.15) is 17.7 Å². The Balaban J connectivity index is 2.01. The highest BCUT2D eigenvalue weighted by Gasteiger charge is 2.52. The molecular formula is C18H23BN2O4S. The molecule has 2 aromatic rings. The zero-order valence-corrected chi connectivity index (χ0v) is 16.5. The molecule has 1 aromatic heterocycles. The fraction of sp³-hybridized carbons (Fsp3) is 0.444. The molecule has 8 heteroatoms. The summed E-state index contributed by atoms with van der Waals surface area (Å²) in [5.74, 6) is 0.0560. The smallest absolute Gasteiger partial charge is 0.465 e. The normalized spacial score (nSPS) is 19.2. The average molecular weight is 374 g/mol. The molecule has 1 aromatic carbocycles. The monoisotopic (exact) mass is 374 g/mol. The first-order valence-corrected chi connectivity index (χ1v) is 9.04. The molecule has 0 spiro atoms. The molecule has 0 unspecified atom stereocenters. The van der Waals surface area contributed by atoms with E-state index in [-0.39, 0.29) is 0 Å². The van der Waals surface area contributed by atoms with Crippen LogP contribution in [0.25, 0.3) is 17.0 Å². The van der Waals surface area contributed by atoms with Crippen molar-refractivity contribution in [3.05, 3.63) is 34.9 Å². The van der Waals surface area contributed by atoms with Gasteiger partial charge in [0.15, 0.2) is 0 Å². The molecule has 2 heterocycles. The molecule has 1 saturated heterocycles. The van der Waals surface area contributed by atoms with Crippen LogP contribution in [-0.4, -0.2) is 47.3 Å². The van der Waals surface area contributed by atoms with Crippen molar-refractivity contribution < 1.29 is 18.8 Å². The second-order valence-corrected chi connectivity index (χ2v) is 7.67. The first-order chi connectivity index (χ1) is 12.2. The molecule has 3 rings (SSSR count). The molecule has 0 aliphatic carbocycles. The Morgan fingerprint density at radius 1 is 1.31 bits per heavy atom. The molecule has 0 saturated carbocycles. The van der Waals surface area contributed by atoms with Crippen molar-refractivity contribution in [1.29, 1.82) is 0 Å². The summed E-state index contributed by atoms with van der Waals surface area (Å²) < 4.78 is 17.1. The topological polar surface area (TPSA) is 73.4 Å². The number of thiol groups is 1. The zero-order chi connectivity index (χ0) is 19.1. The molecule has 6 nitrogen and oxygen atoms in total. The summed E-state index contributed by atoms with van der Waals surface area (Å²) in [5.41, 5.74) is 2.06. The fourth-order valence-electron chi connectivity index (χ4n) is 2.83. The van der Waals surface area contributed by atoms with E-state index in [2.05, 4.69) is 22.8 Å². The van der Waals surface area contributed by atoms with Crippen molar-refractivity contribution in [3.63, 3.8) is 0 Å².